The lowest BCUT2D eigenvalue weighted by molar-refractivity contribution is -0.219. The molecule has 0 aromatic heterocycles. The third-order valence-corrected chi connectivity index (χ3v) is 13.0. The number of aryl methyl sites for hydroxylation is 2. The highest BCUT2D eigenvalue weighted by Gasteiger charge is 2.59. The van der Waals surface area contributed by atoms with Gasteiger partial charge in [0.15, 0.2) is 17.7 Å². The van der Waals surface area contributed by atoms with Gasteiger partial charge in [-0.25, -0.2) is 4.90 Å². The molecule has 272 valence electrons. The third kappa shape index (κ3) is 6.89. The molecule has 7 rings (SSSR count). The number of ketones is 1. The van der Waals surface area contributed by atoms with Crippen molar-refractivity contribution in [2.24, 2.45) is 5.92 Å². The lowest BCUT2D eigenvalue weighted by Crippen LogP contribution is -2.78. The summed E-state index contributed by atoms with van der Waals surface area (Å²) in [6.07, 6.45) is 14.9. The first-order chi connectivity index (χ1) is 24.3. The van der Waals surface area contributed by atoms with E-state index in [-0.39, 0.29) is 36.2 Å². The highest BCUT2D eigenvalue weighted by molar-refractivity contribution is 5.94. The number of likely N-dealkylation sites (tertiary alicyclic amines) is 1. The number of hydrogen-bond donors (Lipinski definition) is 1. The molecular weight excluding hydrogens is 628 g/mol. The zero-order chi connectivity index (χ0) is 34.8. The van der Waals surface area contributed by atoms with E-state index in [1.165, 1.54) is 50.2 Å². The van der Waals surface area contributed by atoms with E-state index in [0.29, 0.717) is 51.2 Å². The summed E-state index contributed by atoms with van der Waals surface area (Å²) >= 11 is 0. The molecule has 4 heterocycles. The number of nitrogens with zero attached hydrogens (tertiary/aromatic N) is 5. The Hall–Kier alpha value is -2.81. The van der Waals surface area contributed by atoms with Crippen LogP contribution in [0.1, 0.15) is 94.6 Å². The molecule has 4 aliphatic heterocycles. The number of amides is 1. The van der Waals surface area contributed by atoms with Gasteiger partial charge in [0.2, 0.25) is 5.91 Å². The van der Waals surface area contributed by atoms with Gasteiger partial charge in [-0.2, -0.15) is 5.26 Å². The largest absolute Gasteiger partial charge is 0.479 e. The van der Waals surface area contributed by atoms with Crippen LogP contribution in [0.4, 0.5) is 0 Å². The number of fused-ring (bicyclic) bond motifs is 2. The monoisotopic (exact) mass is 686 g/mol. The number of Topliss-reactive ketones (excluding diaryl/α,β-unsaturated/α-hetero) is 1. The second kappa shape index (κ2) is 15.4. The summed E-state index contributed by atoms with van der Waals surface area (Å²) in [4.78, 5) is 37.4. The van der Waals surface area contributed by atoms with Crippen molar-refractivity contribution in [1.29, 1.82) is 5.26 Å². The van der Waals surface area contributed by atoms with E-state index in [1.54, 1.807) is 0 Å². The molecule has 0 radical (unpaired) electrons. The SMILES string of the molecule is C=CC(=O)N1CCN(C2C3CC[C@@]4(CCc5cccc(C)c5O4)C(=O)C3NC(OCC3CCCN3C)N2C2CCCCCCC2)CC1CC#N. The summed E-state index contributed by atoms with van der Waals surface area (Å²) in [6, 6.07) is 8.67. The quantitative estimate of drug-likeness (QED) is 0.407. The Morgan fingerprint density at radius 2 is 1.88 bits per heavy atom. The van der Waals surface area contributed by atoms with Crippen molar-refractivity contribution >= 4 is 11.7 Å². The minimum atomic E-state index is -0.852. The number of nitriles is 1. The van der Waals surface area contributed by atoms with Crippen LogP contribution in [0.25, 0.3) is 0 Å². The summed E-state index contributed by atoms with van der Waals surface area (Å²) in [5.41, 5.74) is 1.42. The lowest BCUT2D eigenvalue weighted by Gasteiger charge is -2.60. The van der Waals surface area contributed by atoms with Gasteiger partial charge >= 0.3 is 0 Å². The Balaban J connectivity index is 1.25. The molecule has 2 saturated carbocycles. The van der Waals surface area contributed by atoms with Crippen molar-refractivity contribution in [3.05, 3.63) is 42.0 Å². The first-order valence-electron chi connectivity index (χ1n) is 19.5. The molecular formula is C40H58N6O4. The maximum atomic E-state index is 15.1. The van der Waals surface area contributed by atoms with Gasteiger partial charge < -0.3 is 19.3 Å². The van der Waals surface area contributed by atoms with E-state index < -0.39 is 18.0 Å². The lowest BCUT2D eigenvalue weighted by atomic mass is 9.68. The van der Waals surface area contributed by atoms with Crippen LogP contribution in [0.15, 0.2) is 30.9 Å². The van der Waals surface area contributed by atoms with Crippen LogP contribution in [0.5, 0.6) is 5.75 Å². The van der Waals surface area contributed by atoms with Crippen LogP contribution in [0, 0.1) is 24.2 Å². The number of nitrogens with one attached hydrogen (secondary N) is 1. The number of hydrogen-bond acceptors (Lipinski definition) is 9. The topological polar surface area (TPSA) is 101 Å². The molecule has 0 bridgehead atoms. The number of carbonyl (C=O) groups excluding carboxylic acids is 2. The smallest absolute Gasteiger partial charge is 0.246 e. The van der Waals surface area contributed by atoms with Gasteiger partial charge in [0, 0.05) is 37.6 Å². The van der Waals surface area contributed by atoms with E-state index in [9.17, 15) is 10.1 Å². The average Bonchev–Trinajstić information content (AvgIpc) is 3.53. The maximum absolute atomic E-state index is 15.1. The zero-order valence-corrected chi connectivity index (χ0v) is 30.4. The molecule has 10 heteroatoms. The zero-order valence-electron chi connectivity index (χ0n) is 30.4. The predicted octanol–water partition coefficient (Wildman–Crippen LogP) is 4.76. The number of carbonyl (C=O) groups is 2. The molecule has 1 aromatic rings. The van der Waals surface area contributed by atoms with Gasteiger partial charge in [-0.05, 0) is 89.1 Å². The average molecular weight is 687 g/mol. The molecule has 1 amide bonds. The van der Waals surface area contributed by atoms with Crippen LogP contribution >= 0.6 is 0 Å². The van der Waals surface area contributed by atoms with Crippen LogP contribution in [0.2, 0.25) is 0 Å². The van der Waals surface area contributed by atoms with Gasteiger partial charge in [-0.15, -0.1) is 0 Å². The van der Waals surface area contributed by atoms with Crippen molar-refractivity contribution in [1.82, 2.24) is 24.9 Å². The summed E-state index contributed by atoms with van der Waals surface area (Å²) in [6.45, 7) is 9.32. The summed E-state index contributed by atoms with van der Waals surface area (Å²) in [5, 5.41) is 13.7. The fraction of sp³-hybridized carbons (Fsp3) is 0.725. The molecule has 2 aliphatic carbocycles. The van der Waals surface area contributed by atoms with E-state index in [4.69, 9.17) is 9.47 Å². The molecule has 50 heavy (non-hydrogen) atoms. The van der Waals surface area contributed by atoms with Gasteiger partial charge in [-0.1, -0.05) is 56.9 Å². The highest BCUT2D eigenvalue weighted by Crippen LogP contribution is 2.47. The molecule has 6 unspecified atom stereocenters. The minimum absolute atomic E-state index is 0.0267. The number of benzene rings is 1. The van der Waals surface area contributed by atoms with Crippen molar-refractivity contribution in [3.63, 3.8) is 0 Å². The number of likely N-dealkylation sites (N-methyl/N-ethyl adjacent to an activating group) is 1. The number of rotatable bonds is 7. The molecule has 6 aliphatic rings. The van der Waals surface area contributed by atoms with E-state index >= 15 is 4.79 Å². The number of para-hydroxylation sites is 1. The van der Waals surface area contributed by atoms with Crippen molar-refractivity contribution < 1.29 is 19.1 Å². The van der Waals surface area contributed by atoms with Gasteiger partial charge in [0.1, 0.15) is 5.75 Å². The van der Waals surface area contributed by atoms with Crippen molar-refractivity contribution in [2.75, 3.05) is 39.8 Å². The standard InChI is InChI=1S/C40H58N6O4/c1-4-34(47)45-25-24-44(26-31(45)19-22-41)38-33-18-21-40(20-17-29-13-10-12-28(2)36(29)50-40)37(48)35(33)42-39(49-27-32-16-11-23-43(32)3)46(38)30-14-8-6-5-7-9-15-30/h4,10,12-13,30-33,35,38-39,42H,1,5-9,11,14-21,23-27H2,2-3H3/t31?,32?,33?,35?,38?,39?,40-/m0/s1. The normalized spacial score (nSPS) is 34.7. The summed E-state index contributed by atoms with van der Waals surface area (Å²) in [5.74, 6) is 0.949. The molecule has 10 nitrogen and oxygen atoms in total. The predicted molar refractivity (Wildman–Crippen MR) is 192 cm³/mol. The number of ether oxygens (including phenoxy) is 2. The van der Waals surface area contributed by atoms with Crippen molar-refractivity contribution in [3.8, 4) is 11.8 Å². The highest BCUT2D eigenvalue weighted by atomic mass is 16.5. The van der Waals surface area contributed by atoms with Crippen LogP contribution in [0.3, 0.4) is 0 Å². The third-order valence-electron chi connectivity index (χ3n) is 13.0. The molecule has 7 atom stereocenters. The van der Waals surface area contributed by atoms with Gasteiger partial charge in [-0.3, -0.25) is 19.8 Å². The minimum Gasteiger partial charge on any atom is -0.479 e. The molecule has 1 N–H and O–H groups in total. The Kier molecular flexibility index (Phi) is 11.0. The maximum Gasteiger partial charge on any atom is 0.246 e. The summed E-state index contributed by atoms with van der Waals surface area (Å²) in [7, 11) is 2.19. The fourth-order valence-electron chi connectivity index (χ4n) is 10.2. The van der Waals surface area contributed by atoms with E-state index in [1.807, 2.05) is 4.90 Å². The Morgan fingerprint density at radius 3 is 2.62 bits per heavy atom. The Labute approximate surface area is 299 Å². The first-order valence-corrected chi connectivity index (χ1v) is 19.5. The van der Waals surface area contributed by atoms with Crippen LogP contribution < -0.4 is 10.1 Å². The van der Waals surface area contributed by atoms with Crippen LogP contribution in [-0.2, 0) is 20.7 Å². The second-order valence-corrected chi connectivity index (χ2v) is 15.9. The molecule has 1 aromatic carbocycles. The fourth-order valence-corrected chi connectivity index (χ4v) is 10.2. The van der Waals surface area contributed by atoms with E-state index in [2.05, 4.69) is 64.8 Å². The molecule has 1 spiro atoms. The van der Waals surface area contributed by atoms with E-state index in [0.717, 1.165) is 50.0 Å². The van der Waals surface area contributed by atoms with Crippen LogP contribution in [-0.4, -0.2) is 113 Å². The Bertz CT molecular complexity index is 1440. The molecule has 3 saturated heterocycles. The first kappa shape index (κ1) is 35.6. The number of piperazine rings is 1. The van der Waals surface area contributed by atoms with Gasteiger partial charge in [0.05, 0.1) is 37.3 Å². The Morgan fingerprint density at radius 1 is 1.08 bits per heavy atom. The van der Waals surface area contributed by atoms with Gasteiger partial charge in [0.25, 0.3) is 0 Å². The molecule has 5 fully saturated rings. The second-order valence-electron chi connectivity index (χ2n) is 15.9. The van der Waals surface area contributed by atoms with Crippen molar-refractivity contribution in [2.45, 2.75) is 139 Å². The summed E-state index contributed by atoms with van der Waals surface area (Å²) < 4.78 is 13.9.